The molecule has 1 aliphatic rings. The number of carbonyl (C=O) groups excluding carboxylic acids is 1. The Balaban J connectivity index is 1.12. The summed E-state index contributed by atoms with van der Waals surface area (Å²) < 4.78 is 1.70. The zero-order valence-electron chi connectivity index (χ0n) is 18.5. The number of nitrogens with one attached hydrogen (secondary N) is 2. The number of nitrogens with zero attached hydrogens (tertiary/aromatic N) is 5. The number of piperazine rings is 1. The zero-order chi connectivity index (χ0) is 22.2. The molecular formula is C24H31N7O. The van der Waals surface area contributed by atoms with E-state index in [1.54, 1.807) is 11.0 Å². The number of benzene rings is 2. The highest BCUT2D eigenvalue weighted by Crippen LogP contribution is 2.16. The fourth-order valence-corrected chi connectivity index (χ4v) is 3.96. The Hall–Kier alpha value is -3.39. The molecule has 0 spiro atoms. The van der Waals surface area contributed by atoms with Crippen LogP contribution in [0.5, 0.6) is 0 Å². The number of para-hydroxylation sites is 1. The van der Waals surface area contributed by atoms with Crippen molar-refractivity contribution < 1.29 is 4.79 Å². The van der Waals surface area contributed by atoms with Gasteiger partial charge in [0.2, 0.25) is 0 Å². The molecule has 1 atom stereocenters. The van der Waals surface area contributed by atoms with Crippen molar-refractivity contribution in [2.75, 3.05) is 44.2 Å². The van der Waals surface area contributed by atoms with Crippen molar-refractivity contribution in [1.82, 2.24) is 30.3 Å². The molecule has 0 bridgehead atoms. The van der Waals surface area contributed by atoms with E-state index in [2.05, 4.69) is 60.8 Å². The quantitative estimate of drug-likeness (QED) is 0.534. The lowest BCUT2D eigenvalue weighted by Crippen LogP contribution is -2.47. The van der Waals surface area contributed by atoms with Crippen LogP contribution in [0.1, 0.15) is 24.9 Å². The monoisotopic (exact) mass is 433 g/mol. The van der Waals surface area contributed by atoms with Gasteiger partial charge in [0.1, 0.15) is 12.7 Å². The second-order valence-corrected chi connectivity index (χ2v) is 8.07. The highest BCUT2D eigenvalue weighted by atomic mass is 16.2. The van der Waals surface area contributed by atoms with E-state index in [1.165, 1.54) is 12.0 Å². The van der Waals surface area contributed by atoms with Gasteiger partial charge in [-0.2, -0.15) is 5.10 Å². The van der Waals surface area contributed by atoms with E-state index in [1.807, 2.05) is 31.2 Å². The highest BCUT2D eigenvalue weighted by molar-refractivity contribution is 5.74. The molecule has 1 saturated heterocycles. The molecule has 1 fully saturated rings. The number of urea groups is 1. The molecule has 0 aliphatic carbocycles. The number of hydrogen-bond donors (Lipinski definition) is 2. The standard InChI is InChI=1S/C24H31N7O/c1-20(21-8-10-23(11-9-21)31-19-25-18-27-31)28-24(32)26-12-5-13-29-14-16-30(17-15-29)22-6-3-2-4-7-22/h2-4,6-11,18-20H,5,12-17H2,1H3,(H2,26,28,32). The number of aromatic nitrogens is 3. The number of amides is 2. The van der Waals surface area contributed by atoms with Gasteiger partial charge >= 0.3 is 6.03 Å². The maximum atomic E-state index is 12.3. The number of carbonyl (C=O) groups is 1. The van der Waals surface area contributed by atoms with Crippen molar-refractivity contribution in [3.63, 3.8) is 0 Å². The summed E-state index contributed by atoms with van der Waals surface area (Å²) in [4.78, 5) is 21.1. The van der Waals surface area contributed by atoms with E-state index in [-0.39, 0.29) is 12.1 Å². The fraction of sp³-hybridized carbons (Fsp3) is 0.375. The van der Waals surface area contributed by atoms with E-state index in [4.69, 9.17) is 0 Å². The molecule has 3 aromatic rings. The van der Waals surface area contributed by atoms with Crippen molar-refractivity contribution in [2.45, 2.75) is 19.4 Å². The van der Waals surface area contributed by atoms with Crippen LogP contribution in [0.3, 0.4) is 0 Å². The molecule has 2 heterocycles. The molecule has 0 saturated carbocycles. The predicted octanol–water partition coefficient (Wildman–Crippen LogP) is 2.84. The summed E-state index contributed by atoms with van der Waals surface area (Å²) in [6, 6.07) is 18.3. The van der Waals surface area contributed by atoms with Crippen molar-refractivity contribution in [1.29, 1.82) is 0 Å². The first kappa shape index (κ1) is 21.8. The Kier molecular flexibility index (Phi) is 7.34. The molecule has 2 aromatic carbocycles. The molecule has 1 unspecified atom stereocenters. The molecule has 4 rings (SSSR count). The van der Waals surface area contributed by atoms with Crippen LogP contribution in [-0.2, 0) is 0 Å². The fourth-order valence-electron chi connectivity index (χ4n) is 3.96. The van der Waals surface area contributed by atoms with Gasteiger partial charge in [-0.05, 0) is 49.7 Å². The van der Waals surface area contributed by atoms with Gasteiger partial charge in [0.15, 0.2) is 0 Å². The van der Waals surface area contributed by atoms with Gasteiger partial charge in [0, 0.05) is 38.4 Å². The minimum atomic E-state index is -0.133. The largest absolute Gasteiger partial charge is 0.369 e. The van der Waals surface area contributed by atoms with Gasteiger partial charge in [-0.15, -0.1) is 0 Å². The summed E-state index contributed by atoms with van der Waals surface area (Å²) in [7, 11) is 0. The van der Waals surface area contributed by atoms with Crippen LogP contribution in [-0.4, -0.2) is 65.0 Å². The molecule has 8 nitrogen and oxygen atoms in total. The van der Waals surface area contributed by atoms with Crippen molar-refractivity contribution >= 4 is 11.7 Å². The average Bonchev–Trinajstić information content (AvgIpc) is 3.38. The Morgan fingerprint density at radius 3 is 2.44 bits per heavy atom. The Bertz CT molecular complexity index is 952. The molecule has 32 heavy (non-hydrogen) atoms. The Labute approximate surface area is 189 Å². The van der Waals surface area contributed by atoms with Crippen molar-refractivity contribution in [3.05, 3.63) is 72.8 Å². The van der Waals surface area contributed by atoms with Crippen LogP contribution in [0, 0.1) is 0 Å². The van der Waals surface area contributed by atoms with Gasteiger partial charge in [-0.3, -0.25) is 4.90 Å². The number of anilines is 1. The summed E-state index contributed by atoms with van der Waals surface area (Å²) in [6.45, 7) is 7.86. The normalized spacial score (nSPS) is 15.3. The van der Waals surface area contributed by atoms with Crippen LogP contribution in [0.4, 0.5) is 10.5 Å². The SMILES string of the molecule is CC(NC(=O)NCCCN1CCN(c2ccccc2)CC1)c1ccc(-n2cncn2)cc1. The average molecular weight is 434 g/mol. The molecule has 2 amide bonds. The third-order valence-electron chi connectivity index (χ3n) is 5.85. The minimum absolute atomic E-state index is 0.0779. The third kappa shape index (κ3) is 5.85. The molecule has 8 heteroatoms. The van der Waals surface area contributed by atoms with Gasteiger partial charge in [-0.25, -0.2) is 14.5 Å². The Morgan fingerprint density at radius 1 is 1.00 bits per heavy atom. The predicted molar refractivity (Wildman–Crippen MR) is 126 cm³/mol. The Morgan fingerprint density at radius 2 is 1.75 bits per heavy atom. The van der Waals surface area contributed by atoms with Crippen LogP contribution in [0.15, 0.2) is 67.3 Å². The van der Waals surface area contributed by atoms with Crippen LogP contribution < -0.4 is 15.5 Å². The maximum absolute atomic E-state index is 12.3. The summed E-state index contributed by atoms with van der Waals surface area (Å²) in [6.07, 6.45) is 4.11. The zero-order valence-corrected chi connectivity index (χ0v) is 18.5. The van der Waals surface area contributed by atoms with Gasteiger partial charge in [0.05, 0.1) is 11.7 Å². The summed E-state index contributed by atoms with van der Waals surface area (Å²) in [5, 5.41) is 10.1. The third-order valence-corrected chi connectivity index (χ3v) is 5.85. The highest BCUT2D eigenvalue weighted by Gasteiger charge is 2.16. The van der Waals surface area contributed by atoms with Crippen LogP contribution >= 0.6 is 0 Å². The summed E-state index contributed by atoms with van der Waals surface area (Å²) in [5.41, 5.74) is 3.28. The molecule has 0 radical (unpaired) electrons. The molecule has 1 aliphatic heterocycles. The van der Waals surface area contributed by atoms with Crippen LogP contribution in [0.25, 0.3) is 5.69 Å². The van der Waals surface area contributed by atoms with E-state index in [0.717, 1.165) is 50.4 Å². The molecule has 2 N–H and O–H groups in total. The first-order valence-corrected chi connectivity index (χ1v) is 11.2. The van der Waals surface area contributed by atoms with Gasteiger partial charge in [0.25, 0.3) is 0 Å². The second kappa shape index (κ2) is 10.8. The first-order valence-electron chi connectivity index (χ1n) is 11.2. The molecule has 168 valence electrons. The van der Waals surface area contributed by atoms with Crippen molar-refractivity contribution in [3.8, 4) is 5.69 Å². The van der Waals surface area contributed by atoms with E-state index in [0.29, 0.717) is 6.54 Å². The van der Waals surface area contributed by atoms with E-state index in [9.17, 15) is 4.79 Å². The van der Waals surface area contributed by atoms with Gasteiger partial charge in [-0.1, -0.05) is 30.3 Å². The smallest absolute Gasteiger partial charge is 0.315 e. The van der Waals surface area contributed by atoms with E-state index >= 15 is 0 Å². The first-order chi connectivity index (χ1) is 15.7. The molecular weight excluding hydrogens is 402 g/mol. The summed E-state index contributed by atoms with van der Waals surface area (Å²) in [5.74, 6) is 0. The summed E-state index contributed by atoms with van der Waals surface area (Å²) >= 11 is 0. The maximum Gasteiger partial charge on any atom is 0.315 e. The minimum Gasteiger partial charge on any atom is -0.369 e. The lowest BCUT2D eigenvalue weighted by molar-refractivity contribution is 0.233. The van der Waals surface area contributed by atoms with E-state index < -0.39 is 0 Å². The van der Waals surface area contributed by atoms with Gasteiger partial charge < -0.3 is 15.5 Å². The van der Waals surface area contributed by atoms with Crippen LogP contribution in [0.2, 0.25) is 0 Å². The number of rotatable bonds is 8. The number of hydrogen-bond acceptors (Lipinski definition) is 5. The second-order valence-electron chi connectivity index (χ2n) is 8.07. The lowest BCUT2D eigenvalue weighted by Gasteiger charge is -2.36. The van der Waals surface area contributed by atoms with Crippen molar-refractivity contribution in [2.24, 2.45) is 0 Å². The topological polar surface area (TPSA) is 78.3 Å². The lowest BCUT2D eigenvalue weighted by atomic mass is 10.1. The molecule has 1 aromatic heterocycles.